The average molecular weight is 315 g/mol. The van der Waals surface area contributed by atoms with Gasteiger partial charge in [-0.2, -0.15) is 0 Å². The van der Waals surface area contributed by atoms with E-state index in [0.29, 0.717) is 0 Å². The Morgan fingerprint density at radius 3 is 2.14 bits per heavy atom. The molecule has 0 aromatic rings. The first-order valence-corrected chi connectivity index (χ1v) is 6.80. The molecule has 0 aromatic carbocycles. The van der Waals surface area contributed by atoms with Gasteiger partial charge in [0.25, 0.3) is 0 Å². The smallest absolute Gasteiger partial charge is 0.248 e. The molecule has 0 rings (SSSR count). The summed E-state index contributed by atoms with van der Waals surface area (Å²) in [4.78, 5) is 28.8. The van der Waals surface area contributed by atoms with Crippen molar-refractivity contribution in [2.75, 3.05) is 19.2 Å². The second-order valence-corrected chi connectivity index (χ2v) is 5.15. The van der Waals surface area contributed by atoms with Crippen LogP contribution in [0.4, 0.5) is 0 Å². The van der Waals surface area contributed by atoms with Crippen molar-refractivity contribution < 1.29 is 14.4 Å². The summed E-state index contributed by atoms with van der Waals surface area (Å²) in [5, 5.41) is 0. The third kappa shape index (κ3) is 11.8. The highest BCUT2D eigenvalue weighted by Gasteiger charge is 2.21. The van der Waals surface area contributed by atoms with Crippen LogP contribution < -0.4 is 5.48 Å². The van der Waals surface area contributed by atoms with Crippen LogP contribution in [-0.2, 0) is 14.4 Å². The van der Waals surface area contributed by atoms with Crippen LogP contribution in [0.15, 0.2) is 0 Å². The summed E-state index contributed by atoms with van der Waals surface area (Å²) in [5.74, 6) is 6.85. The zero-order valence-corrected chi connectivity index (χ0v) is 14.0. The van der Waals surface area contributed by atoms with E-state index in [1.165, 1.54) is 4.90 Å². The number of terminal acetylenes is 1. The molecule has 0 aromatic heterocycles. The molecule has 0 atom stereocenters. The minimum Gasteiger partial charge on any atom is -0.305 e. The summed E-state index contributed by atoms with van der Waals surface area (Å²) in [6.45, 7) is 8.83. The van der Waals surface area contributed by atoms with Gasteiger partial charge in [0.2, 0.25) is 11.8 Å². The number of rotatable bonds is 5. The lowest BCUT2D eigenvalue weighted by Gasteiger charge is -2.21. The van der Waals surface area contributed by atoms with Gasteiger partial charge < -0.3 is 4.90 Å². The molecular formula is C15H23ClN2O3. The zero-order chi connectivity index (χ0) is 16.9. The van der Waals surface area contributed by atoms with Crippen molar-refractivity contribution >= 4 is 23.4 Å². The molecule has 0 bridgehead atoms. The lowest BCUT2D eigenvalue weighted by molar-refractivity contribution is -0.151. The second-order valence-electron chi connectivity index (χ2n) is 4.88. The Bertz CT molecular complexity index is 419. The van der Waals surface area contributed by atoms with Gasteiger partial charge in [0.1, 0.15) is 12.6 Å². The first-order chi connectivity index (χ1) is 9.74. The molecule has 0 fully saturated rings. The molecule has 6 heteroatoms. The average Bonchev–Trinajstić information content (AvgIpc) is 2.44. The van der Waals surface area contributed by atoms with Crippen LogP contribution in [0.25, 0.3) is 0 Å². The summed E-state index contributed by atoms with van der Waals surface area (Å²) in [5.41, 5.74) is 1.68. The van der Waals surface area contributed by atoms with Crippen molar-refractivity contribution in [2.45, 2.75) is 34.6 Å². The number of halogens is 1. The first kappa shape index (κ1) is 21.6. The number of carbonyl (C=O) groups is 2. The minimum atomic E-state index is -0.562. The fourth-order valence-corrected chi connectivity index (χ4v) is 0.898. The highest BCUT2D eigenvalue weighted by molar-refractivity contribution is 6.27. The van der Waals surface area contributed by atoms with E-state index in [2.05, 4.69) is 23.2 Å². The van der Waals surface area contributed by atoms with Crippen LogP contribution in [-0.4, -0.2) is 35.9 Å². The van der Waals surface area contributed by atoms with Gasteiger partial charge in [-0.15, -0.1) is 29.9 Å². The topological polar surface area (TPSA) is 58.6 Å². The monoisotopic (exact) mass is 314 g/mol. The van der Waals surface area contributed by atoms with Crippen molar-refractivity contribution in [3.63, 3.8) is 0 Å². The zero-order valence-electron chi connectivity index (χ0n) is 13.2. The van der Waals surface area contributed by atoms with E-state index in [4.69, 9.17) is 22.9 Å². The maximum Gasteiger partial charge on any atom is 0.248 e. The molecule has 0 aliphatic carbocycles. The van der Waals surface area contributed by atoms with E-state index in [0.717, 1.165) is 0 Å². The molecule has 1 N–H and O–H groups in total. The molecule has 0 aliphatic heterocycles. The lowest BCUT2D eigenvalue weighted by atomic mass is 9.96. The maximum atomic E-state index is 11.4. The number of nitrogens with one attached hydrogen (secondary N) is 1. The molecule has 2 amide bonds. The number of hydrogen-bond donors (Lipinski definition) is 1. The Balaban J connectivity index is 0. The van der Waals surface area contributed by atoms with Crippen LogP contribution in [0, 0.1) is 29.6 Å². The molecule has 0 saturated carbocycles. The van der Waals surface area contributed by atoms with Crippen LogP contribution >= 0.6 is 11.6 Å². The highest BCUT2D eigenvalue weighted by Crippen LogP contribution is 2.12. The predicted molar refractivity (Wildman–Crippen MR) is 83.9 cm³/mol. The number of hydroxylamine groups is 1. The molecule has 118 valence electrons. The summed E-state index contributed by atoms with van der Waals surface area (Å²) in [7, 11) is 0. The standard InChI is InChI=1S/C11H17ClN2O3.C4H6/c1-5-6-14(9(15)7-12)8-17-13-10(16)11(2,3)4;1-3-4-2/h1H,6-8H2,2-4H3,(H,13,16);1-2H3. The summed E-state index contributed by atoms with van der Waals surface area (Å²) >= 11 is 5.39. The van der Waals surface area contributed by atoms with Gasteiger partial charge in [-0.25, -0.2) is 5.48 Å². The van der Waals surface area contributed by atoms with Gasteiger partial charge in [0, 0.05) is 5.41 Å². The van der Waals surface area contributed by atoms with Crippen LogP contribution in [0.2, 0.25) is 0 Å². The van der Waals surface area contributed by atoms with Crippen molar-refractivity contribution in [3.05, 3.63) is 0 Å². The third-order valence-electron chi connectivity index (χ3n) is 2.07. The first-order valence-electron chi connectivity index (χ1n) is 6.27. The molecule has 0 aliphatic rings. The van der Waals surface area contributed by atoms with E-state index < -0.39 is 5.41 Å². The quantitative estimate of drug-likeness (QED) is 0.364. The van der Waals surface area contributed by atoms with E-state index in [-0.39, 0.29) is 31.0 Å². The molecule has 0 saturated heterocycles. The fraction of sp³-hybridized carbons (Fsp3) is 0.600. The Morgan fingerprint density at radius 2 is 1.81 bits per heavy atom. The number of amides is 2. The van der Waals surface area contributed by atoms with Gasteiger partial charge in [-0.05, 0) is 13.8 Å². The minimum absolute atomic E-state index is 0.0803. The van der Waals surface area contributed by atoms with Crippen molar-refractivity contribution in [3.8, 4) is 24.2 Å². The second kappa shape index (κ2) is 12.1. The Morgan fingerprint density at radius 1 is 1.29 bits per heavy atom. The summed E-state index contributed by atoms with van der Waals surface area (Å²) in [6.07, 6.45) is 5.09. The maximum absolute atomic E-state index is 11.4. The van der Waals surface area contributed by atoms with Gasteiger partial charge in [-0.3, -0.25) is 14.4 Å². The van der Waals surface area contributed by atoms with Crippen molar-refractivity contribution in [1.29, 1.82) is 0 Å². The molecule has 21 heavy (non-hydrogen) atoms. The predicted octanol–water partition coefficient (Wildman–Crippen LogP) is 1.77. The van der Waals surface area contributed by atoms with Gasteiger partial charge in [-0.1, -0.05) is 26.7 Å². The number of carbonyl (C=O) groups excluding carboxylic acids is 2. The molecular weight excluding hydrogens is 292 g/mol. The third-order valence-corrected chi connectivity index (χ3v) is 2.29. The molecule has 0 heterocycles. The summed E-state index contributed by atoms with van der Waals surface area (Å²) in [6, 6.07) is 0. The largest absolute Gasteiger partial charge is 0.305 e. The van der Waals surface area contributed by atoms with E-state index in [1.807, 2.05) is 13.8 Å². The van der Waals surface area contributed by atoms with Crippen LogP contribution in [0.1, 0.15) is 34.6 Å². The van der Waals surface area contributed by atoms with E-state index >= 15 is 0 Å². The lowest BCUT2D eigenvalue weighted by Crippen LogP contribution is -2.41. The van der Waals surface area contributed by atoms with Crippen molar-refractivity contribution in [1.82, 2.24) is 10.4 Å². The van der Waals surface area contributed by atoms with Crippen molar-refractivity contribution in [2.24, 2.45) is 5.41 Å². The van der Waals surface area contributed by atoms with Crippen LogP contribution in [0.3, 0.4) is 0 Å². The number of hydrogen-bond acceptors (Lipinski definition) is 3. The summed E-state index contributed by atoms with van der Waals surface area (Å²) < 4.78 is 0. The Labute approximate surface area is 132 Å². The Kier molecular flexibility index (Phi) is 12.4. The SMILES string of the molecule is C#CCN(CONC(=O)C(C)(C)C)C(=O)CCl.CC#CC. The number of alkyl halides is 1. The van der Waals surface area contributed by atoms with E-state index in [1.54, 1.807) is 20.8 Å². The normalized spacial score (nSPS) is 9.19. The number of nitrogens with zero attached hydrogens (tertiary/aromatic N) is 1. The molecule has 0 unspecified atom stereocenters. The fourth-order valence-electron chi connectivity index (χ4n) is 0.729. The Hall–Kier alpha value is -1.69. The highest BCUT2D eigenvalue weighted by atomic mass is 35.5. The van der Waals surface area contributed by atoms with Gasteiger partial charge >= 0.3 is 0 Å². The van der Waals surface area contributed by atoms with E-state index in [9.17, 15) is 9.59 Å². The van der Waals surface area contributed by atoms with Crippen LogP contribution in [0.5, 0.6) is 0 Å². The molecule has 5 nitrogen and oxygen atoms in total. The van der Waals surface area contributed by atoms with Gasteiger partial charge in [0.05, 0.1) is 6.54 Å². The molecule has 0 radical (unpaired) electrons. The molecule has 0 spiro atoms. The van der Waals surface area contributed by atoms with Gasteiger partial charge in [0.15, 0.2) is 0 Å².